The highest BCUT2D eigenvalue weighted by atomic mass is 15.2. The SMILES string of the molecule is c1ccc(-c2ccc(-c3ccc(-c4nc(-n5c6ccccc6c6cc(-c7ccc8c(c7)c7c9ccccc9ccc7n8-c7ccccc7)ccc65)nc5ccccc45)cc3)nc2)cc1. The van der Waals surface area contributed by atoms with Crippen molar-refractivity contribution >= 4 is 65.3 Å². The summed E-state index contributed by atoms with van der Waals surface area (Å²) in [5.41, 5.74) is 15.0. The smallest absolute Gasteiger partial charge is 0.235 e. The van der Waals surface area contributed by atoms with Crippen molar-refractivity contribution in [2.24, 2.45) is 0 Å². The Kier molecular flexibility index (Phi) is 8.15. The largest absolute Gasteiger partial charge is 0.309 e. The van der Waals surface area contributed by atoms with Gasteiger partial charge < -0.3 is 4.57 Å². The molecular weight excluding hydrogens is 779 g/mol. The van der Waals surface area contributed by atoms with Crippen LogP contribution in [0.3, 0.4) is 0 Å². The molecule has 4 aromatic heterocycles. The van der Waals surface area contributed by atoms with E-state index in [1.165, 1.54) is 38.1 Å². The summed E-state index contributed by atoms with van der Waals surface area (Å²) in [6.45, 7) is 0. The quantitative estimate of drug-likeness (QED) is 0.168. The maximum absolute atomic E-state index is 5.39. The lowest BCUT2D eigenvalue weighted by Crippen LogP contribution is -2.03. The van der Waals surface area contributed by atoms with E-state index < -0.39 is 0 Å². The topological polar surface area (TPSA) is 48.5 Å². The van der Waals surface area contributed by atoms with Crippen molar-refractivity contribution in [3.05, 3.63) is 225 Å². The van der Waals surface area contributed by atoms with Gasteiger partial charge in [-0.2, -0.15) is 0 Å². The van der Waals surface area contributed by atoms with Gasteiger partial charge in [0.2, 0.25) is 5.95 Å². The van der Waals surface area contributed by atoms with Crippen LogP contribution in [-0.2, 0) is 0 Å². The fourth-order valence-electron chi connectivity index (χ4n) is 9.74. The summed E-state index contributed by atoms with van der Waals surface area (Å²) < 4.78 is 4.62. The third kappa shape index (κ3) is 5.75. The van der Waals surface area contributed by atoms with Gasteiger partial charge in [-0.3, -0.25) is 9.55 Å². The number of pyridine rings is 1. The Balaban J connectivity index is 0.934. The maximum Gasteiger partial charge on any atom is 0.235 e. The van der Waals surface area contributed by atoms with E-state index in [4.69, 9.17) is 15.0 Å². The molecule has 13 rings (SSSR count). The van der Waals surface area contributed by atoms with Crippen LogP contribution < -0.4 is 0 Å². The molecule has 0 saturated heterocycles. The van der Waals surface area contributed by atoms with E-state index in [1.807, 2.05) is 18.3 Å². The monoisotopic (exact) mass is 815 g/mol. The van der Waals surface area contributed by atoms with Crippen LogP contribution in [0.1, 0.15) is 0 Å². The van der Waals surface area contributed by atoms with Crippen LogP contribution in [0.15, 0.2) is 225 Å². The van der Waals surface area contributed by atoms with E-state index in [-0.39, 0.29) is 0 Å². The second-order valence-corrected chi connectivity index (χ2v) is 16.4. The van der Waals surface area contributed by atoms with Gasteiger partial charge >= 0.3 is 0 Å². The predicted octanol–water partition coefficient (Wildman–Crippen LogP) is 15.0. The third-order valence-electron chi connectivity index (χ3n) is 12.8. The maximum atomic E-state index is 5.39. The fraction of sp³-hybridized carbons (Fsp3) is 0. The van der Waals surface area contributed by atoms with Gasteiger partial charge in [-0.25, -0.2) is 9.97 Å². The molecule has 0 spiro atoms. The first-order valence-electron chi connectivity index (χ1n) is 21.7. The molecule has 9 aromatic carbocycles. The van der Waals surface area contributed by atoms with Crippen molar-refractivity contribution in [2.75, 3.05) is 0 Å². The summed E-state index contributed by atoms with van der Waals surface area (Å²) in [5, 5.41) is 8.30. The van der Waals surface area contributed by atoms with Crippen molar-refractivity contribution in [3.8, 4) is 56.4 Å². The molecule has 4 heterocycles. The Morgan fingerprint density at radius 3 is 1.70 bits per heavy atom. The van der Waals surface area contributed by atoms with Gasteiger partial charge in [0.25, 0.3) is 0 Å². The normalized spacial score (nSPS) is 11.8. The minimum Gasteiger partial charge on any atom is -0.309 e. The number of aromatic nitrogens is 5. The zero-order chi connectivity index (χ0) is 42.1. The van der Waals surface area contributed by atoms with Crippen molar-refractivity contribution in [1.29, 1.82) is 0 Å². The predicted molar refractivity (Wildman–Crippen MR) is 265 cm³/mol. The number of hydrogen-bond acceptors (Lipinski definition) is 3. The van der Waals surface area contributed by atoms with E-state index in [2.05, 4.69) is 215 Å². The standard InChI is InChI=1S/C59H37N5/c1-3-13-38(14-4-1)44-27-31-51(60-37-44)40-23-25-41(26-24-40)58-48-20-9-11-21-52(48)61-59(62-58)64-53-22-12-10-19-47(53)49-35-42(29-32-54(49)64)43-30-33-55-50(36-43)57-46-18-8-7-15-39(46)28-34-56(57)63(55)45-16-5-2-6-17-45/h1-37H. The summed E-state index contributed by atoms with van der Waals surface area (Å²) in [7, 11) is 0. The molecule has 0 radical (unpaired) electrons. The minimum absolute atomic E-state index is 0.636. The van der Waals surface area contributed by atoms with E-state index in [0.717, 1.165) is 77.6 Å². The van der Waals surface area contributed by atoms with Gasteiger partial charge in [0, 0.05) is 55.5 Å². The van der Waals surface area contributed by atoms with Gasteiger partial charge in [0.1, 0.15) is 0 Å². The summed E-state index contributed by atoms with van der Waals surface area (Å²) >= 11 is 0. The first-order valence-corrected chi connectivity index (χ1v) is 21.7. The third-order valence-corrected chi connectivity index (χ3v) is 12.8. The average molecular weight is 816 g/mol. The molecule has 0 saturated carbocycles. The van der Waals surface area contributed by atoms with Crippen LogP contribution >= 0.6 is 0 Å². The summed E-state index contributed by atoms with van der Waals surface area (Å²) in [6, 6.07) is 77.7. The molecule has 0 N–H and O–H groups in total. The minimum atomic E-state index is 0.636. The molecular formula is C59H37N5. The van der Waals surface area contributed by atoms with E-state index >= 15 is 0 Å². The molecule has 5 heteroatoms. The van der Waals surface area contributed by atoms with Crippen molar-refractivity contribution < 1.29 is 0 Å². The molecule has 5 nitrogen and oxygen atoms in total. The van der Waals surface area contributed by atoms with Crippen LogP contribution in [-0.4, -0.2) is 24.1 Å². The molecule has 298 valence electrons. The number of nitrogens with zero attached hydrogens (tertiary/aromatic N) is 5. The molecule has 0 aliphatic rings. The number of fused-ring (bicyclic) bond motifs is 9. The Hall–Kier alpha value is -8.67. The fourth-order valence-corrected chi connectivity index (χ4v) is 9.74. The van der Waals surface area contributed by atoms with Gasteiger partial charge in [-0.1, -0.05) is 158 Å². The van der Waals surface area contributed by atoms with Crippen molar-refractivity contribution in [1.82, 2.24) is 24.1 Å². The summed E-state index contributed by atoms with van der Waals surface area (Å²) in [5.74, 6) is 0.636. The number of benzene rings is 9. The van der Waals surface area contributed by atoms with Gasteiger partial charge in [0.05, 0.1) is 39.0 Å². The highest BCUT2D eigenvalue weighted by Crippen LogP contribution is 2.41. The lowest BCUT2D eigenvalue weighted by molar-refractivity contribution is 1.01. The molecule has 0 amide bonds. The summed E-state index contributed by atoms with van der Waals surface area (Å²) in [4.78, 5) is 15.5. The zero-order valence-corrected chi connectivity index (χ0v) is 34.6. The molecule has 64 heavy (non-hydrogen) atoms. The van der Waals surface area contributed by atoms with Gasteiger partial charge in [0.15, 0.2) is 0 Å². The summed E-state index contributed by atoms with van der Waals surface area (Å²) in [6.07, 6.45) is 1.95. The highest BCUT2D eigenvalue weighted by Gasteiger charge is 2.20. The van der Waals surface area contributed by atoms with E-state index in [9.17, 15) is 0 Å². The van der Waals surface area contributed by atoms with Crippen molar-refractivity contribution in [3.63, 3.8) is 0 Å². The van der Waals surface area contributed by atoms with Crippen molar-refractivity contribution in [2.45, 2.75) is 0 Å². The van der Waals surface area contributed by atoms with Crippen LogP contribution in [0, 0.1) is 0 Å². The van der Waals surface area contributed by atoms with E-state index in [0.29, 0.717) is 5.95 Å². The molecule has 0 unspecified atom stereocenters. The average Bonchev–Trinajstić information content (AvgIpc) is 3.89. The first-order chi connectivity index (χ1) is 31.7. The molecule has 0 bridgehead atoms. The molecule has 0 atom stereocenters. The lowest BCUT2D eigenvalue weighted by Gasteiger charge is -2.12. The second-order valence-electron chi connectivity index (χ2n) is 16.4. The van der Waals surface area contributed by atoms with Gasteiger partial charge in [-0.05, 0) is 88.1 Å². The van der Waals surface area contributed by atoms with Gasteiger partial charge in [-0.15, -0.1) is 0 Å². The Morgan fingerprint density at radius 2 is 0.922 bits per heavy atom. The zero-order valence-electron chi connectivity index (χ0n) is 34.6. The molecule has 13 aromatic rings. The lowest BCUT2D eigenvalue weighted by atomic mass is 9.99. The Bertz CT molecular complexity index is 3920. The molecule has 0 aliphatic heterocycles. The number of para-hydroxylation sites is 3. The van der Waals surface area contributed by atoms with Crippen LogP contribution in [0.4, 0.5) is 0 Å². The number of hydrogen-bond donors (Lipinski definition) is 0. The first kappa shape index (κ1) is 36.0. The van der Waals surface area contributed by atoms with E-state index in [1.54, 1.807) is 0 Å². The second kappa shape index (κ2) is 14.5. The van der Waals surface area contributed by atoms with Crippen LogP contribution in [0.25, 0.3) is 122 Å². The molecule has 0 aliphatic carbocycles. The molecule has 0 fully saturated rings. The highest BCUT2D eigenvalue weighted by molar-refractivity contribution is 6.22. The Morgan fingerprint density at radius 1 is 0.328 bits per heavy atom. The van der Waals surface area contributed by atoms with Crippen LogP contribution in [0.2, 0.25) is 0 Å². The number of rotatable bonds is 6. The van der Waals surface area contributed by atoms with Crippen LogP contribution in [0.5, 0.6) is 0 Å². The Labute approximate surface area is 368 Å².